The number of amides is 1. The molecule has 34 heavy (non-hydrogen) atoms. The van der Waals surface area contributed by atoms with Crippen LogP contribution in [0.1, 0.15) is 17.2 Å². The second kappa shape index (κ2) is 7.93. The van der Waals surface area contributed by atoms with Crippen molar-refractivity contribution in [3.05, 3.63) is 105 Å². The number of aliphatic hydroxyl groups is 1. The Morgan fingerprint density at radius 2 is 1.79 bits per heavy atom. The number of para-hydroxylation sites is 2. The Bertz CT molecular complexity index is 1490. The number of non-ortho nitro benzene ring substituents is 1. The van der Waals surface area contributed by atoms with Crippen LogP contribution in [0.25, 0.3) is 16.8 Å². The van der Waals surface area contributed by atoms with Gasteiger partial charge in [0.15, 0.2) is 0 Å². The van der Waals surface area contributed by atoms with Crippen molar-refractivity contribution in [2.45, 2.75) is 6.04 Å². The number of aromatic nitrogens is 2. The summed E-state index contributed by atoms with van der Waals surface area (Å²) in [6.45, 7) is 0. The standard InChI is InChI=1S/C24H15FN4O5/c25-16-9-2-1-8-15(16)20-19(21(30)13-6-5-7-14(12-13)29(33)34)22(31)23(32)28(20)24-26-17-10-3-4-11-18(17)27-24/h1-12,20,30H,(H,26,27)/b21-19+. The molecule has 9 nitrogen and oxygen atoms in total. The highest BCUT2D eigenvalue weighted by Gasteiger charge is 2.49. The maximum Gasteiger partial charge on any atom is 0.302 e. The van der Waals surface area contributed by atoms with Crippen LogP contribution in [0.15, 0.2) is 78.4 Å². The fourth-order valence-electron chi connectivity index (χ4n) is 4.02. The van der Waals surface area contributed by atoms with E-state index in [2.05, 4.69) is 9.97 Å². The Hall–Kier alpha value is -4.86. The number of carbonyl (C=O) groups excluding carboxylic acids is 2. The van der Waals surface area contributed by atoms with E-state index < -0.39 is 39.8 Å². The molecule has 1 aliphatic rings. The highest BCUT2D eigenvalue weighted by atomic mass is 19.1. The number of hydrogen-bond acceptors (Lipinski definition) is 6. The molecule has 0 aliphatic carbocycles. The van der Waals surface area contributed by atoms with E-state index in [-0.39, 0.29) is 22.8 Å². The van der Waals surface area contributed by atoms with Crippen molar-refractivity contribution in [1.82, 2.24) is 9.97 Å². The van der Waals surface area contributed by atoms with Gasteiger partial charge in [-0.2, -0.15) is 0 Å². The smallest absolute Gasteiger partial charge is 0.302 e. The maximum absolute atomic E-state index is 14.9. The third kappa shape index (κ3) is 3.28. The van der Waals surface area contributed by atoms with Crippen LogP contribution in [-0.4, -0.2) is 31.7 Å². The molecule has 3 aromatic carbocycles. The van der Waals surface area contributed by atoms with Gasteiger partial charge in [-0.3, -0.25) is 24.6 Å². The zero-order chi connectivity index (χ0) is 24.0. The van der Waals surface area contributed by atoms with Crippen LogP contribution >= 0.6 is 0 Å². The quantitative estimate of drug-likeness (QED) is 0.155. The third-order valence-electron chi connectivity index (χ3n) is 5.58. The minimum atomic E-state index is -1.36. The number of Topliss-reactive ketones (excluding diaryl/α,β-unsaturated/α-hetero) is 1. The summed E-state index contributed by atoms with van der Waals surface area (Å²) in [6, 6.07) is 16.1. The molecule has 5 rings (SSSR count). The number of halogens is 1. The predicted octanol–water partition coefficient (Wildman–Crippen LogP) is 4.24. The molecule has 2 heterocycles. The van der Waals surface area contributed by atoms with E-state index in [1.165, 1.54) is 42.5 Å². The predicted molar refractivity (Wildman–Crippen MR) is 120 cm³/mol. The molecule has 1 saturated heterocycles. The molecular formula is C24H15FN4O5. The number of fused-ring (bicyclic) bond motifs is 1. The molecule has 10 heteroatoms. The first-order chi connectivity index (χ1) is 16.4. The molecule has 0 spiro atoms. The minimum absolute atomic E-state index is 0.00496. The zero-order valence-electron chi connectivity index (χ0n) is 17.3. The highest BCUT2D eigenvalue weighted by molar-refractivity contribution is 6.51. The van der Waals surface area contributed by atoms with E-state index in [0.29, 0.717) is 11.0 Å². The largest absolute Gasteiger partial charge is 0.507 e. The van der Waals surface area contributed by atoms with E-state index in [9.17, 15) is 29.2 Å². The number of aromatic amines is 1. The number of nitrogens with one attached hydrogen (secondary N) is 1. The van der Waals surface area contributed by atoms with Crippen LogP contribution in [0.2, 0.25) is 0 Å². The van der Waals surface area contributed by atoms with E-state index in [0.717, 1.165) is 11.0 Å². The number of ketones is 1. The van der Waals surface area contributed by atoms with Crippen LogP contribution in [0.3, 0.4) is 0 Å². The molecule has 1 aromatic heterocycles. The molecule has 1 fully saturated rings. The summed E-state index contributed by atoms with van der Waals surface area (Å²) in [6.07, 6.45) is 0. The molecule has 1 unspecified atom stereocenters. The van der Waals surface area contributed by atoms with Crippen molar-refractivity contribution in [2.75, 3.05) is 4.90 Å². The lowest BCUT2D eigenvalue weighted by atomic mass is 9.95. The van der Waals surface area contributed by atoms with Crippen molar-refractivity contribution in [3.63, 3.8) is 0 Å². The van der Waals surface area contributed by atoms with Crippen molar-refractivity contribution in [2.24, 2.45) is 0 Å². The van der Waals surface area contributed by atoms with Crippen molar-refractivity contribution < 1.29 is 24.0 Å². The van der Waals surface area contributed by atoms with Gasteiger partial charge in [0.2, 0.25) is 5.95 Å². The Balaban J connectivity index is 1.75. The summed E-state index contributed by atoms with van der Waals surface area (Å²) in [5, 5.41) is 22.2. The zero-order valence-corrected chi connectivity index (χ0v) is 17.3. The molecule has 0 saturated carbocycles. The maximum atomic E-state index is 14.9. The van der Waals surface area contributed by atoms with Crippen molar-refractivity contribution in [3.8, 4) is 0 Å². The number of nitro benzene ring substituents is 1. The number of rotatable bonds is 4. The van der Waals surface area contributed by atoms with Gasteiger partial charge in [-0.25, -0.2) is 9.37 Å². The number of benzene rings is 3. The minimum Gasteiger partial charge on any atom is -0.507 e. The van der Waals surface area contributed by atoms with Gasteiger partial charge in [-0.1, -0.05) is 42.5 Å². The van der Waals surface area contributed by atoms with E-state index in [1.54, 1.807) is 24.3 Å². The first-order valence-corrected chi connectivity index (χ1v) is 10.1. The number of imidazole rings is 1. The molecule has 0 radical (unpaired) electrons. The summed E-state index contributed by atoms with van der Waals surface area (Å²) in [5.74, 6) is -3.47. The molecule has 1 amide bonds. The number of nitrogens with zero attached hydrogens (tertiary/aromatic N) is 3. The first kappa shape index (κ1) is 21.0. The Kier molecular flexibility index (Phi) is 4.90. The lowest BCUT2D eigenvalue weighted by Crippen LogP contribution is -2.30. The van der Waals surface area contributed by atoms with Crippen molar-refractivity contribution >= 4 is 40.1 Å². The van der Waals surface area contributed by atoms with Gasteiger partial charge in [0, 0.05) is 23.3 Å². The van der Waals surface area contributed by atoms with Gasteiger partial charge in [0.25, 0.3) is 11.5 Å². The van der Waals surface area contributed by atoms with Crippen LogP contribution < -0.4 is 4.90 Å². The van der Waals surface area contributed by atoms with Gasteiger partial charge in [0.1, 0.15) is 17.6 Å². The fraction of sp³-hybridized carbons (Fsp3) is 0.0417. The molecule has 1 atom stereocenters. The molecule has 2 N–H and O–H groups in total. The number of carbonyl (C=O) groups is 2. The molecular weight excluding hydrogens is 443 g/mol. The van der Waals surface area contributed by atoms with Crippen LogP contribution in [0, 0.1) is 15.9 Å². The highest BCUT2D eigenvalue weighted by Crippen LogP contribution is 2.42. The molecule has 0 bridgehead atoms. The number of anilines is 1. The lowest BCUT2D eigenvalue weighted by Gasteiger charge is -2.23. The Labute approximate surface area is 190 Å². The van der Waals surface area contributed by atoms with E-state index in [1.807, 2.05) is 0 Å². The number of nitro groups is 1. The Morgan fingerprint density at radius 3 is 2.53 bits per heavy atom. The normalized spacial score (nSPS) is 17.4. The molecule has 1 aliphatic heterocycles. The third-order valence-corrected chi connectivity index (χ3v) is 5.58. The van der Waals surface area contributed by atoms with Crippen molar-refractivity contribution in [1.29, 1.82) is 0 Å². The number of H-pyrrole nitrogens is 1. The summed E-state index contributed by atoms with van der Waals surface area (Å²) in [4.78, 5) is 45.1. The molecule has 168 valence electrons. The van der Waals surface area contributed by atoms with Gasteiger partial charge >= 0.3 is 5.91 Å². The summed E-state index contributed by atoms with van der Waals surface area (Å²) < 4.78 is 14.9. The first-order valence-electron chi connectivity index (χ1n) is 10.1. The summed E-state index contributed by atoms with van der Waals surface area (Å²) in [7, 11) is 0. The number of hydrogen-bond donors (Lipinski definition) is 2. The van der Waals surface area contributed by atoms with E-state index in [4.69, 9.17) is 0 Å². The monoisotopic (exact) mass is 458 g/mol. The average Bonchev–Trinajstić information content (AvgIpc) is 3.37. The topological polar surface area (TPSA) is 129 Å². The fourth-order valence-corrected chi connectivity index (χ4v) is 4.02. The summed E-state index contributed by atoms with van der Waals surface area (Å²) >= 11 is 0. The molecule has 4 aromatic rings. The SMILES string of the molecule is O=C1C(=O)N(c2nc3ccccc3[nH]2)C(c2ccccc2F)/C1=C(\O)c1cccc([N+](=O)[O-])c1. The average molecular weight is 458 g/mol. The van der Waals surface area contributed by atoms with Gasteiger partial charge in [-0.05, 0) is 18.2 Å². The van der Waals surface area contributed by atoms with Crippen LogP contribution in [0.5, 0.6) is 0 Å². The number of aliphatic hydroxyl groups excluding tert-OH is 1. The van der Waals surface area contributed by atoms with Crippen LogP contribution in [-0.2, 0) is 9.59 Å². The van der Waals surface area contributed by atoms with Crippen LogP contribution in [0.4, 0.5) is 16.0 Å². The van der Waals surface area contributed by atoms with Gasteiger partial charge < -0.3 is 10.1 Å². The second-order valence-electron chi connectivity index (χ2n) is 7.58. The summed E-state index contributed by atoms with van der Waals surface area (Å²) in [5.41, 5.74) is 0.275. The van der Waals surface area contributed by atoms with E-state index >= 15 is 0 Å². The Morgan fingerprint density at radius 1 is 1.06 bits per heavy atom. The lowest BCUT2D eigenvalue weighted by molar-refractivity contribution is -0.384. The van der Waals surface area contributed by atoms with Gasteiger partial charge in [0.05, 0.1) is 21.5 Å². The second-order valence-corrected chi connectivity index (χ2v) is 7.58. The van der Waals surface area contributed by atoms with Gasteiger partial charge in [-0.15, -0.1) is 0 Å².